The minimum atomic E-state index is -3.69. The van der Waals surface area contributed by atoms with Crippen molar-refractivity contribution in [2.24, 2.45) is 5.14 Å². The van der Waals surface area contributed by atoms with Gasteiger partial charge in [0.05, 0.1) is 19.3 Å². The average Bonchev–Trinajstić information content (AvgIpc) is 2.21. The largest absolute Gasteiger partial charge is 0.496 e. The Morgan fingerprint density at radius 2 is 2.06 bits per heavy atom. The van der Waals surface area contributed by atoms with E-state index in [0.717, 1.165) is 21.2 Å². The van der Waals surface area contributed by atoms with Gasteiger partial charge in [-0.2, -0.15) is 12.7 Å². The van der Waals surface area contributed by atoms with Gasteiger partial charge in [0.15, 0.2) is 0 Å². The van der Waals surface area contributed by atoms with Crippen molar-refractivity contribution in [1.82, 2.24) is 9.29 Å². The molecule has 0 fully saturated rings. The number of hydrogen-bond donors (Lipinski definition) is 1. The van der Waals surface area contributed by atoms with Gasteiger partial charge in [-0.05, 0) is 13.8 Å². The summed E-state index contributed by atoms with van der Waals surface area (Å²) in [4.78, 5) is 4.20. The molecule has 7 heteroatoms. The fraction of sp³-hybridized carbons (Fsp3) is 0.500. The van der Waals surface area contributed by atoms with Crippen LogP contribution in [-0.2, 0) is 16.8 Å². The number of aromatic nitrogens is 1. The number of hydrogen-bond acceptors (Lipinski definition) is 4. The molecule has 0 radical (unpaired) electrons. The molecule has 0 aliphatic heterocycles. The standard InChI is InChI=1S/C10H17N3O3S/c1-7-5-12-9(8(2)10(7)16-4)6-13(3)17(11,14)15/h5H,6H2,1-4H3,(H2,11,14,15). The second kappa shape index (κ2) is 4.99. The molecule has 0 aromatic carbocycles. The smallest absolute Gasteiger partial charge is 0.277 e. The van der Waals surface area contributed by atoms with Crippen molar-refractivity contribution in [1.29, 1.82) is 0 Å². The number of ether oxygens (including phenoxy) is 1. The Morgan fingerprint density at radius 1 is 1.47 bits per heavy atom. The molecule has 0 bridgehead atoms. The van der Waals surface area contributed by atoms with Crippen LogP contribution < -0.4 is 9.88 Å². The molecule has 1 aromatic heterocycles. The maximum Gasteiger partial charge on any atom is 0.277 e. The first-order chi connectivity index (χ1) is 7.77. The predicted octanol–water partition coefficient (Wildman–Crippen LogP) is 0.342. The van der Waals surface area contributed by atoms with Crippen LogP contribution in [0.15, 0.2) is 6.20 Å². The third kappa shape index (κ3) is 3.15. The number of pyridine rings is 1. The topological polar surface area (TPSA) is 85.5 Å². The monoisotopic (exact) mass is 259 g/mol. The van der Waals surface area contributed by atoms with Gasteiger partial charge in [-0.15, -0.1) is 0 Å². The lowest BCUT2D eigenvalue weighted by molar-refractivity contribution is 0.404. The van der Waals surface area contributed by atoms with E-state index in [-0.39, 0.29) is 6.54 Å². The van der Waals surface area contributed by atoms with Crippen molar-refractivity contribution in [2.75, 3.05) is 14.2 Å². The Hall–Kier alpha value is -1.18. The van der Waals surface area contributed by atoms with Gasteiger partial charge in [-0.3, -0.25) is 4.98 Å². The third-order valence-corrected chi connectivity index (χ3v) is 3.55. The number of aryl methyl sites for hydroxylation is 1. The first-order valence-corrected chi connectivity index (χ1v) is 6.50. The molecular formula is C10H17N3O3S. The molecule has 6 nitrogen and oxygen atoms in total. The summed E-state index contributed by atoms with van der Waals surface area (Å²) in [6, 6.07) is 0. The van der Waals surface area contributed by atoms with E-state index in [1.165, 1.54) is 7.05 Å². The van der Waals surface area contributed by atoms with Gasteiger partial charge in [0, 0.05) is 24.4 Å². The molecule has 1 aromatic rings. The van der Waals surface area contributed by atoms with Crippen LogP contribution in [0.3, 0.4) is 0 Å². The van der Waals surface area contributed by atoms with E-state index in [4.69, 9.17) is 9.88 Å². The summed E-state index contributed by atoms with van der Waals surface area (Å²) in [5.41, 5.74) is 2.36. The highest BCUT2D eigenvalue weighted by Crippen LogP contribution is 2.24. The van der Waals surface area contributed by atoms with Crippen LogP contribution >= 0.6 is 0 Å². The van der Waals surface area contributed by atoms with Crippen LogP contribution in [0.5, 0.6) is 5.75 Å². The summed E-state index contributed by atoms with van der Waals surface area (Å²) < 4.78 is 28.5. The van der Waals surface area contributed by atoms with E-state index < -0.39 is 10.2 Å². The van der Waals surface area contributed by atoms with Gasteiger partial charge in [0.2, 0.25) is 0 Å². The van der Waals surface area contributed by atoms with E-state index in [1.54, 1.807) is 13.3 Å². The van der Waals surface area contributed by atoms with Crippen molar-refractivity contribution in [3.63, 3.8) is 0 Å². The molecule has 2 N–H and O–H groups in total. The summed E-state index contributed by atoms with van der Waals surface area (Å²) >= 11 is 0. The minimum Gasteiger partial charge on any atom is -0.496 e. The van der Waals surface area contributed by atoms with Crippen molar-refractivity contribution in [3.05, 3.63) is 23.0 Å². The highest BCUT2D eigenvalue weighted by Gasteiger charge is 2.16. The van der Waals surface area contributed by atoms with Crippen LogP contribution in [0.1, 0.15) is 16.8 Å². The van der Waals surface area contributed by atoms with E-state index in [1.807, 2.05) is 13.8 Å². The molecular weight excluding hydrogens is 242 g/mol. The minimum absolute atomic E-state index is 0.126. The zero-order valence-corrected chi connectivity index (χ0v) is 11.2. The van der Waals surface area contributed by atoms with Crippen LogP contribution in [0.4, 0.5) is 0 Å². The van der Waals surface area contributed by atoms with Gasteiger partial charge >= 0.3 is 0 Å². The number of nitrogens with zero attached hydrogens (tertiary/aromatic N) is 2. The highest BCUT2D eigenvalue weighted by atomic mass is 32.2. The quantitative estimate of drug-likeness (QED) is 0.845. The first kappa shape index (κ1) is 13.9. The lowest BCUT2D eigenvalue weighted by Crippen LogP contribution is -2.33. The molecule has 0 spiro atoms. The maximum atomic E-state index is 11.1. The maximum absolute atomic E-state index is 11.1. The SMILES string of the molecule is COc1c(C)cnc(CN(C)S(N)(=O)=O)c1C. The average molecular weight is 259 g/mol. The molecule has 96 valence electrons. The Labute approximate surface area is 102 Å². The second-order valence-corrected chi connectivity index (χ2v) is 5.50. The number of methoxy groups -OCH3 is 1. The van der Waals surface area contributed by atoms with Crippen molar-refractivity contribution >= 4 is 10.2 Å². The van der Waals surface area contributed by atoms with Crippen molar-refractivity contribution in [3.8, 4) is 5.75 Å². The Morgan fingerprint density at radius 3 is 2.53 bits per heavy atom. The number of rotatable bonds is 4. The van der Waals surface area contributed by atoms with Crippen LogP contribution in [-0.4, -0.2) is 31.9 Å². The zero-order chi connectivity index (χ0) is 13.2. The molecule has 0 saturated heterocycles. The second-order valence-electron chi connectivity index (χ2n) is 3.85. The Balaban J connectivity index is 3.09. The van der Waals surface area contributed by atoms with Gasteiger partial charge in [-0.25, -0.2) is 5.14 Å². The van der Waals surface area contributed by atoms with Crippen LogP contribution in [0.2, 0.25) is 0 Å². The zero-order valence-electron chi connectivity index (χ0n) is 10.4. The summed E-state index contributed by atoms with van der Waals surface area (Å²) in [6.07, 6.45) is 1.65. The summed E-state index contributed by atoms with van der Waals surface area (Å²) in [7, 11) is -0.717. The van der Waals surface area contributed by atoms with Gasteiger partial charge < -0.3 is 4.74 Å². The first-order valence-electron chi connectivity index (χ1n) is 5.00. The van der Waals surface area contributed by atoms with Crippen LogP contribution in [0, 0.1) is 13.8 Å². The molecule has 17 heavy (non-hydrogen) atoms. The van der Waals surface area contributed by atoms with E-state index in [0.29, 0.717) is 5.69 Å². The van der Waals surface area contributed by atoms with Crippen LogP contribution in [0.25, 0.3) is 0 Å². The fourth-order valence-corrected chi connectivity index (χ4v) is 1.83. The number of nitrogens with two attached hydrogens (primary N) is 1. The van der Waals surface area contributed by atoms with E-state index >= 15 is 0 Å². The molecule has 0 atom stereocenters. The van der Waals surface area contributed by atoms with Crippen molar-refractivity contribution in [2.45, 2.75) is 20.4 Å². The summed E-state index contributed by atoms with van der Waals surface area (Å²) in [6.45, 7) is 3.85. The summed E-state index contributed by atoms with van der Waals surface area (Å²) in [5.74, 6) is 0.720. The van der Waals surface area contributed by atoms with E-state index in [9.17, 15) is 8.42 Å². The molecule has 0 aliphatic carbocycles. The highest BCUT2D eigenvalue weighted by molar-refractivity contribution is 7.86. The van der Waals surface area contributed by atoms with E-state index in [2.05, 4.69) is 4.98 Å². The van der Waals surface area contributed by atoms with Crippen molar-refractivity contribution < 1.29 is 13.2 Å². The third-order valence-electron chi connectivity index (χ3n) is 2.56. The molecule has 1 rings (SSSR count). The fourth-order valence-electron chi connectivity index (χ4n) is 1.53. The molecule has 0 unspecified atom stereocenters. The molecule has 1 heterocycles. The lowest BCUT2D eigenvalue weighted by Gasteiger charge is -2.16. The molecule has 0 saturated carbocycles. The lowest BCUT2D eigenvalue weighted by atomic mass is 10.1. The van der Waals surface area contributed by atoms with Gasteiger partial charge in [0.1, 0.15) is 5.75 Å². The van der Waals surface area contributed by atoms with Gasteiger partial charge in [0.25, 0.3) is 10.2 Å². The van der Waals surface area contributed by atoms with Gasteiger partial charge in [-0.1, -0.05) is 0 Å². The molecule has 0 amide bonds. The summed E-state index contributed by atoms with van der Waals surface area (Å²) in [5, 5.41) is 5.02. The predicted molar refractivity (Wildman–Crippen MR) is 64.8 cm³/mol. The molecule has 0 aliphatic rings. The Bertz CT molecular complexity index is 514. The normalized spacial score (nSPS) is 11.9. The Kier molecular flexibility index (Phi) is 4.07.